The van der Waals surface area contributed by atoms with E-state index in [0.29, 0.717) is 22.8 Å². The number of hydrogen-bond donors (Lipinski definition) is 0. The molecular weight excluding hydrogens is 382 g/mol. The first-order valence-electron chi connectivity index (χ1n) is 7.64. The van der Waals surface area contributed by atoms with Gasteiger partial charge < -0.3 is 18.6 Å². The van der Waals surface area contributed by atoms with Gasteiger partial charge in [0, 0.05) is 18.0 Å². The summed E-state index contributed by atoms with van der Waals surface area (Å²) < 4.78 is 47.9. The van der Waals surface area contributed by atoms with Crippen LogP contribution in [-0.2, 0) is 5.75 Å². The lowest BCUT2D eigenvalue weighted by atomic mass is 10.2. The van der Waals surface area contributed by atoms with E-state index in [4.69, 9.17) is 18.6 Å². The molecule has 0 unspecified atom stereocenters. The van der Waals surface area contributed by atoms with E-state index in [0.717, 1.165) is 16.3 Å². The molecule has 144 valence electrons. The zero-order valence-corrected chi connectivity index (χ0v) is 15.5. The minimum atomic E-state index is -2.65. The Kier molecular flexibility index (Phi) is 5.79. The van der Waals surface area contributed by atoms with Crippen molar-refractivity contribution in [1.82, 2.24) is 19.7 Å². The number of alkyl halides is 2. The van der Waals surface area contributed by atoms with E-state index in [1.807, 2.05) is 0 Å². The van der Waals surface area contributed by atoms with E-state index in [1.54, 1.807) is 12.1 Å². The summed E-state index contributed by atoms with van der Waals surface area (Å²) in [5.41, 5.74) is 0.568. The second kappa shape index (κ2) is 8.25. The lowest BCUT2D eigenvalue weighted by Crippen LogP contribution is -2.01. The molecule has 0 N–H and O–H groups in total. The third kappa shape index (κ3) is 3.97. The minimum absolute atomic E-state index is 0.161. The summed E-state index contributed by atoms with van der Waals surface area (Å²) in [5, 5.41) is 8.14. The Morgan fingerprint density at radius 1 is 1.11 bits per heavy atom. The van der Waals surface area contributed by atoms with Crippen LogP contribution in [-0.4, -0.2) is 41.1 Å². The summed E-state index contributed by atoms with van der Waals surface area (Å²) >= 11 is 1.11. The molecule has 1 aromatic carbocycles. The molecule has 2 heterocycles. The van der Waals surface area contributed by atoms with E-state index in [1.165, 1.54) is 33.7 Å². The first-order valence-corrected chi connectivity index (χ1v) is 8.62. The molecule has 3 rings (SSSR count). The SMILES string of the molecule is COc1cc(-c2nnc(SCc3nccn3C(F)F)o2)cc(OC)c1OC. The van der Waals surface area contributed by atoms with E-state index in [2.05, 4.69) is 15.2 Å². The fourth-order valence-corrected chi connectivity index (χ4v) is 3.06. The largest absolute Gasteiger partial charge is 0.493 e. The van der Waals surface area contributed by atoms with Crippen LogP contribution < -0.4 is 14.2 Å². The molecule has 0 aliphatic carbocycles. The molecule has 0 bridgehead atoms. The predicted molar refractivity (Wildman–Crippen MR) is 92.4 cm³/mol. The van der Waals surface area contributed by atoms with Crippen molar-refractivity contribution in [2.24, 2.45) is 0 Å². The van der Waals surface area contributed by atoms with Gasteiger partial charge in [0.1, 0.15) is 5.82 Å². The summed E-state index contributed by atoms with van der Waals surface area (Å²) in [7, 11) is 4.51. The van der Waals surface area contributed by atoms with E-state index < -0.39 is 6.55 Å². The summed E-state index contributed by atoms with van der Waals surface area (Å²) in [6.07, 6.45) is 2.53. The van der Waals surface area contributed by atoms with Crippen LogP contribution in [0, 0.1) is 0 Å². The van der Waals surface area contributed by atoms with Gasteiger partial charge in [0.25, 0.3) is 5.22 Å². The first-order chi connectivity index (χ1) is 13.1. The van der Waals surface area contributed by atoms with Gasteiger partial charge in [-0.1, -0.05) is 11.8 Å². The lowest BCUT2D eigenvalue weighted by Gasteiger charge is -2.12. The lowest BCUT2D eigenvalue weighted by molar-refractivity contribution is 0.0678. The van der Waals surface area contributed by atoms with Crippen molar-refractivity contribution in [1.29, 1.82) is 0 Å². The maximum atomic E-state index is 12.8. The molecule has 0 amide bonds. The van der Waals surface area contributed by atoms with Crippen LogP contribution in [0.15, 0.2) is 34.2 Å². The average molecular weight is 398 g/mol. The maximum Gasteiger partial charge on any atom is 0.319 e. The van der Waals surface area contributed by atoms with Gasteiger partial charge in [0.15, 0.2) is 11.5 Å². The monoisotopic (exact) mass is 398 g/mol. The minimum Gasteiger partial charge on any atom is -0.493 e. The van der Waals surface area contributed by atoms with Crippen LogP contribution >= 0.6 is 11.8 Å². The summed E-state index contributed by atoms with van der Waals surface area (Å²) in [4.78, 5) is 3.91. The normalized spacial score (nSPS) is 11.0. The third-order valence-corrected chi connectivity index (χ3v) is 4.42. The molecule has 27 heavy (non-hydrogen) atoms. The number of thioether (sulfide) groups is 1. The summed E-state index contributed by atoms with van der Waals surface area (Å²) in [6.45, 7) is -2.65. The number of methoxy groups -OCH3 is 3. The molecule has 0 atom stereocenters. The zero-order valence-electron chi connectivity index (χ0n) is 14.7. The highest BCUT2D eigenvalue weighted by molar-refractivity contribution is 7.98. The van der Waals surface area contributed by atoms with E-state index >= 15 is 0 Å². The number of imidazole rings is 1. The highest BCUT2D eigenvalue weighted by atomic mass is 32.2. The number of aromatic nitrogens is 4. The van der Waals surface area contributed by atoms with Crippen LogP contribution in [0.2, 0.25) is 0 Å². The molecule has 0 aliphatic rings. The number of rotatable bonds is 8. The second-order valence-corrected chi connectivity index (χ2v) is 6.03. The van der Waals surface area contributed by atoms with Gasteiger partial charge in [-0.25, -0.2) is 4.98 Å². The molecule has 0 spiro atoms. The van der Waals surface area contributed by atoms with Crippen molar-refractivity contribution < 1.29 is 27.4 Å². The smallest absolute Gasteiger partial charge is 0.319 e. The summed E-state index contributed by atoms with van der Waals surface area (Å²) in [6, 6.07) is 3.35. The van der Waals surface area contributed by atoms with Gasteiger partial charge in [-0.05, 0) is 12.1 Å². The predicted octanol–water partition coefficient (Wildman–Crippen LogP) is 3.65. The van der Waals surface area contributed by atoms with Gasteiger partial charge in [0.2, 0.25) is 11.6 Å². The third-order valence-electron chi connectivity index (χ3n) is 3.60. The standard InChI is InChI=1S/C16H16F2N4O4S/c1-23-10-6-9(7-11(24-2)13(10)25-3)14-20-21-16(26-14)27-8-12-19-4-5-22(12)15(17)18/h4-7,15H,8H2,1-3H3. The highest BCUT2D eigenvalue weighted by Crippen LogP contribution is 2.41. The Morgan fingerprint density at radius 2 is 1.81 bits per heavy atom. The molecule has 3 aromatic rings. The Morgan fingerprint density at radius 3 is 2.41 bits per heavy atom. The van der Waals surface area contributed by atoms with Crippen molar-refractivity contribution in [2.75, 3.05) is 21.3 Å². The fraction of sp³-hybridized carbons (Fsp3) is 0.312. The van der Waals surface area contributed by atoms with Crippen LogP contribution in [0.5, 0.6) is 17.2 Å². The second-order valence-electron chi connectivity index (χ2n) is 5.10. The van der Waals surface area contributed by atoms with Gasteiger partial charge >= 0.3 is 6.55 Å². The van der Waals surface area contributed by atoms with Gasteiger partial charge in [0.05, 0.1) is 27.1 Å². The number of halogens is 2. The molecule has 2 aromatic heterocycles. The molecular formula is C16H16F2N4O4S. The van der Waals surface area contributed by atoms with Gasteiger partial charge in [-0.15, -0.1) is 10.2 Å². The summed E-state index contributed by atoms with van der Waals surface area (Å²) in [5.74, 6) is 1.93. The first kappa shape index (κ1) is 19.0. The van der Waals surface area contributed by atoms with Crippen LogP contribution in [0.4, 0.5) is 8.78 Å². The van der Waals surface area contributed by atoms with E-state index in [-0.39, 0.29) is 22.7 Å². The van der Waals surface area contributed by atoms with Crippen LogP contribution in [0.25, 0.3) is 11.5 Å². The molecule has 8 nitrogen and oxygen atoms in total. The zero-order chi connectivity index (χ0) is 19.4. The van der Waals surface area contributed by atoms with Gasteiger partial charge in [-0.2, -0.15) is 8.78 Å². The van der Waals surface area contributed by atoms with Gasteiger partial charge in [-0.3, -0.25) is 4.57 Å². The molecule has 0 radical (unpaired) electrons. The average Bonchev–Trinajstić information content (AvgIpc) is 3.34. The Bertz CT molecular complexity index is 890. The molecule has 11 heteroatoms. The van der Waals surface area contributed by atoms with E-state index in [9.17, 15) is 8.78 Å². The Hall–Kier alpha value is -2.82. The van der Waals surface area contributed by atoms with Crippen molar-refractivity contribution in [3.8, 4) is 28.7 Å². The quantitative estimate of drug-likeness (QED) is 0.532. The Labute approximate surface area is 157 Å². The van der Waals surface area contributed by atoms with Crippen molar-refractivity contribution in [3.63, 3.8) is 0 Å². The van der Waals surface area contributed by atoms with Crippen molar-refractivity contribution >= 4 is 11.8 Å². The maximum absolute atomic E-state index is 12.8. The van der Waals surface area contributed by atoms with Crippen molar-refractivity contribution in [2.45, 2.75) is 17.5 Å². The fourth-order valence-electron chi connectivity index (χ4n) is 2.35. The molecule has 0 saturated carbocycles. The number of nitrogens with zero attached hydrogens (tertiary/aromatic N) is 4. The van der Waals surface area contributed by atoms with Crippen LogP contribution in [0.3, 0.4) is 0 Å². The van der Waals surface area contributed by atoms with Crippen molar-refractivity contribution in [3.05, 3.63) is 30.4 Å². The Balaban J connectivity index is 1.80. The number of benzene rings is 1. The molecule has 0 saturated heterocycles. The number of ether oxygens (including phenoxy) is 3. The van der Waals surface area contributed by atoms with Crippen LogP contribution in [0.1, 0.15) is 12.4 Å². The topological polar surface area (TPSA) is 84.4 Å². The molecule has 0 aliphatic heterocycles. The highest BCUT2D eigenvalue weighted by Gasteiger charge is 2.18. The number of hydrogen-bond acceptors (Lipinski definition) is 8. The molecule has 0 fully saturated rings.